The lowest BCUT2D eigenvalue weighted by Gasteiger charge is -2.19. The van der Waals surface area contributed by atoms with E-state index in [0.717, 1.165) is 48.9 Å². The lowest BCUT2D eigenvalue weighted by Crippen LogP contribution is -2.21. The normalized spacial score (nSPS) is 16.9. The molecule has 6 heteroatoms. The van der Waals surface area contributed by atoms with E-state index < -0.39 is 0 Å². The van der Waals surface area contributed by atoms with Crippen LogP contribution in [-0.2, 0) is 13.1 Å². The van der Waals surface area contributed by atoms with Crippen molar-refractivity contribution < 1.29 is 0 Å². The van der Waals surface area contributed by atoms with Crippen LogP contribution in [0, 0.1) is 0 Å². The van der Waals surface area contributed by atoms with Gasteiger partial charge in [-0.05, 0) is 44.1 Å². The van der Waals surface area contributed by atoms with E-state index in [1.807, 2.05) is 25.4 Å². The van der Waals surface area contributed by atoms with Gasteiger partial charge in [0.1, 0.15) is 11.6 Å². The van der Waals surface area contributed by atoms with Gasteiger partial charge in [-0.2, -0.15) is 0 Å². The van der Waals surface area contributed by atoms with Crippen LogP contribution in [0.4, 0.5) is 5.82 Å². The van der Waals surface area contributed by atoms with Crippen molar-refractivity contribution in [1.29, 1.82) is 0 Å². The highest BCUT2D eigenvalue weighted by Crippen LogP contribution is 2.23. The summed E-state index contributed by atoms with van der Waals surface area (Å²) in [6.07, 6.45) is 4.13. The molecular weight excluding hydrogens is 336 g/mol. The lowest BCUT2D eigenvalue weighted by atomic mass is 10.1. The highest BCUT2D eigenvalue weighted by atomic mass is 15.1. The fourth-order valence-electron chi connectivity index (χ4n) is 3.72. The molecule has 2 N–H and O–H groups in total. The van der Waals surface area contributed by atoms with E-state index in [1.165, 1.54) is 17.4 Å². The van der Waals surface area contributed by atoms with Crippen molar-refractivity contribution in [2.45, 2.75) is 32.0 Å². The maximum Gasteiger partial charge on any atom is 0.147 e. The first kappa shape index (κ1) is 17.8. The number of rotatable bonds is 6. The van der Waals surface area contributed by atoms with Gasteiger partial charge in [-0.25, -0.2) is 9.97 Å². The van der Waals surface area contributed by atoms with Crippen molar-refractivity contribution in [3.8, 4) is 0 Å². The molecule has 0 aliphatic carbocycles. The minimum Gasteiger partial charge on any atom is -0.373 e. The van der Waals surface area contributed by atoms with Crippen LogP contribution in [0.2, 0.25) is 0 Å². The fourth-order valence-corrected chi connectivity index (χ4v) is 3.72. The second-order valence-electron chi connectivity index (χ2n) is 7.16. The number of nitrogens with zero attached hydrogens (tertiary/aromatic N) is 4. The summed E-state index contributed by atoms with van der Waals surface area (Å²) in [4.78, 5) is 16.2. The van der Waals surface area contributed by atoms with Gasteiger partial charge in [-0.1, -0.05) is 18.2 Å². The Labute approximate surface area is 160 Å². The summed E-state index contributed by atoms with van der Waals surface area (Å²) in [7, 11) is 4.04. The molecule has 6 nitrogen and oxygen atoms in total. The summed E-state index contributed by atoms with van der Waals surface area (Å²) < 4.78 is 0. The molecule has 27 heavy (non-hydrogen) atoms. The molecule has 0 spiro atoms. The molecule has 1 aliphatic heterocycles. The second kappa shape index (κ2) is 7.98. The first-order valence-corrected chi connectivity index (χ1v) is 9.53. The Hall–Kier alpha value is -2.57. The maximum absolute atomic E-state index is 4.84. The highest BCUT2D eigenvalue weighted by Gasteiger charge is 2.20. The van der Waals surface area contributed by atoms with Crippen molar-refractivity contribution in [3.63, 3.8) is 0 Å². The molecule has 0 radical (unpaired) electrons. The van der Waals surface area contributed by atoms with Gasteiger partial charge >= 0.3 is 0 Å². The van der Waals surface area contributed by atoms with Crippen LogP contribution in [-0.4, -0.2) is 40.5 Å². The predicted molar refractivity (Wildman–Crippen MR) is 108 cm³/mol. The molecule has 140 valence electrons. The minimum absolute atomic E-state index is 0.270. The quantitative estimate of drug-likeness (QED) is 0.702. The fraction of sp³-hybridized carbons (Fsp3) is 0.381. The van der Waals surface area contributed by atoms with Crippen LogP contribution in [0.5, 0.6) is 0 Å². The third-order valence-corrected chi connectivity index (χ3v) is 5.03. The molecule has 1 fully saturated rings. The molecule has 2 aromatic heterocycles. The molecular formula is C21H26N6. The number of fused-ring (bicyclic) bond motifs is 1. The van der Waals surface area contributed by atoms with Crippen molar-refractivity contribution in [1.82, 2.24) is 25.2 Å². The van der Waals surface area contributed by atoms with Gasteiger partial charge in [-0.15, -0.1) is 0 Å². The van der Waals surface area contributed by atoms with Crippen molar-refractivity contribution in [2.24, 2.45) is 0 Å². The molecule has 3 heterocycles. The minimum atomic E-state index is 0.270. The first-order chi connectivity index (χ1) is 13.2. The zero-order valence-corrected chi connectivity index (χ0v) is 15.9. The van der Waals surface area contributed by atoms with Gasteiger partial charge in [0.15, 0.2) is 0 Å². The number of hydrogen-bond donors (Lipinski definition) is 2. The van der Waals surface area contributed by atoms with Gasteiger partial charge in [0.25, 0.3) is 0 Å². The van der Waals surface area contributed by atoms with E-state index in [9.17, 15) is 0 Å². The number of hydrogen-bond acceptors (Lipinski definition) is 6. The molecule has 0 unspecified atom stereocenters. The average Bonchev–Trinajstić information content (AvgIpc) is 3.23. The SMILES string of the molecule is CNc1cc(CN(C)Cc2cccc3ncccc23)nc([C@H]2CCCN2)n1. The molecule has 0 saturated carbocycles. The summed E-state index contributed by atoms with van der Waals surface area (Å²) in [6, 6.07) is 12.8. The second-order valence-corrected chi connectivity index (χ2v) is 7.16. The summed E-state index contributed by atoms with van der Waals surface area (Å²) in [6.45, 7) is 2.66. The number of nitrogens with one attached hydrogen (secondary N) is 2. The summed E-state index contributed by atoms with van der Waals surface area (Å²) in [5.41, 5.74) is 3.36. The highest BCUT2D eigenvalue weighted by molar-refractivity contribution is 5.81. The average molecular weight is 362 g/mol. The van der Waals surface area contributed by atoms with Crippen LogP contribution in [0.25, 0.3) is 10.9 Å². The van der Waals surface area contributed by atoms with Crippen molar-refractivity contribution in [2.75, 3.05) is 26.0 Å². The number of benzene rings is 1. The molecule has 0 amide bonds. The Kier molecular flexibility index (Phi) is 5.27. The smallest absolute Gasteiger partial charge is 0.147 e. The van der Waals surface area contributed by atoms with Crippen molar-refractivity contribution in [3.05, 3.63) is 59.7 Å². The summed E-state index contributed by atoms with van der Waals surface area (Å²) in [5.74, 6) is 1.78. The van der Waals surface area contributed by atoms with Crippen LogP contribution in [0.15, 0.2) is 42.6 Å². The number of anilines is 1. The standard InChI is InChI=1S/C21H26N6/c1-22-20-12-16(25-21(26-20)19-9-5-11-24-19)14-27(2)13-15-6-3-8-18-17(15)7-4-10-23-18/h3-4,6-8,10,12,19,24H,5,9,11,13-14H2,1-2H3,(H,22,25,26)/t19-/m1/s1. The van der Waals surface area contributed by atoms with Gasteiger partial charge in [0, 0.05) is 37.8 Å². The van der Waals surface area contributed by atoms with E-state index in [-0.39, 0.29) is 6.04 Å². The third-order valence-electron chi connectivity index (χ3n) is 5.03. The van der Waals surface area contributed by atoms with Gasteiger partial charge < -0.3 is 10.6 Å². The lowest BCUT2D eigenvalue weighted by molar-refractivity contribution is 0.315. The van der Waals surface area contributed by atoms with Crippen LogP contribution in [0.1, 0.15) is 36.0 Å². The van der Waals surface area contributed by atoms with E-state index in [4.69, 9.17) is 4.98 Å². The van der Waals surface area contributed by atoms with Crippen LogP contribution in [0.3, 0.4) is 0 Å². The Balaban J connectivity index is 1.53. The number of pyridine rings is 1. The zero-order valence-electron chi connectivity index (χ0n) is 15.9. The molecule has 4 rings (SSSR count). The molecule has 1 aromatic carbocycles. The Morgan fingerprint density at radius 1 is 1.19 bits per heavy atom. The molecule has 1 atom stereocenters. The van der Waals surface area contributed by atoms with Crippen molar-refractivity contribution >= 4 is 16.7 Å². The van der Waals surface area contributed by atoms with E-state index >= 15 is 0 Å². The molecule has 3 aromatic rings. The topological polar surface area (TPSA) is 66.0 Å². The van der Waals surface area contributed by atoms with E-state index in [0.29, 0.717) is 0 Å². The van der Waals surface area contributed by atoms with E-state index in [1.54, 1.807) is 0 Å². The number of aromatic nitrogens is 3. The van der Waals surface area contributed by atoms with E-state index in [2.05, 4.69) is 56.8 Å². The Bertz CT molecular complexity index is 914. The van der Waals surface area contributed by atoms with Gasteiger partial charge in [0.05, 0.1) is 17.3 Å². The van der Waals surface area contributed by atoms with Crippen LogP contribution < -0.4 is 10.6 Å². The molecule has 1 aliphatic rings. The maximum atomic E-state index is 4.84. The molecule has 0 bridgehead atoms. The molecule has 1 saturated heterocycles. The van der Waals surface area contributed by atoms with Crippen LogP contribution >= 0.6 is 0 Å². The Morgan fingerprint density at radius 2 is 2.11 bits per heavy atom. The Morgan fingerprint density at radius 3 is 2.93 bits per heavy atom. The summed E-state index contributed by atoms with van der Waals surface area (Å²) >= 11 is 0. The predicted octanol–water partition coefficient (Wildman–Crippen LogP) is 3.12. The third kappa shape index (κ3) is 4.07. The first-order valence-electron chi connectivity index (χ1n) is 9.53. The van der Waals surface area contributed by atoms with Gasteiger partial charge in [0.2, 0.25) is 0 Å². The zero-order chi connectivity index (χ0) is 18.6. The van der Waals surface area contributed by atoms with Gasteiger partial charge in [-0.3, -0.25) is 9.88 Å². The summed E-state index contributed by atoms with van der Waals surface area (Å²) in [5, 5.41) is 7.87. The largest absolute Gasteiger partial charge is 0.373 e. The monoisotopic (exact) mass is 362 g/mol.